The van der Waals surface area contributed by atoms with Crippen LogP contribution in [0.15, 0.2) is 59.8 Å². The van der Waals surface area contributed by atoms with E-state index in [9.17, 15) is 4.79 Å². The SMILES string of the molecule is O=C(CSc1n[nH]c(COc2ccccc2)n1)N1CCCc2ccccc21. The van der Waals surface area contributed by atoms with Crippen molar-refractivity contribution >= 4 is 23.4 Å². The van der Waals surface area contributed by atoms with Gasteiger partial charge in [0.25, 0.3) is 0 Å². The van der Waals surface area contributed by atoms with Crippen molar-refractivity contribution in [3.05, 3.63) is 66.0 Å². The molecule has 4 rings (SSSR count). The Hall–Kier alpha value is -2.80. The van der Waals surface area contributed by atoms with Crippen molar-refractivity contribution in [3.63, 3.8) is 0 Å². The number of aryl methyl sites for hydroxylation is 1. The number of hydrogen-bond donors (Lipinski definition) is 1. The number of hydrogen-bond acceptors (Lipinski definition) is 5. The predicted molar refractivity (Wildman–Crippen MR) is 105 cm³/mol. The average molecular weight is 380 g/mol. The van der Waals surface area contributed by atoms with Gasteiger partial charge in [-0.25, -0.2) is 4.98 Å². The number of aromatic amines is 1. The van der Waals surface area contributed by atoms with E-state index in [1.165, 1.54) is 17.3 Å². The van der Waals surface area contributed by atoms with Crippen LogP contribution in [0.3, 0.4) is 0 Å². The molecule has 0 radical (unpaired) electrons. The van der Waals surface area contributed by atoms with Gasteiger partial charge in [-0.2, -0.15) is 0 Å². The Labute approximate surface area is 162 Å². The number of fused-ring (bicyclic) bond motifs is 1. The lowest BCUT2D eigenvalue weighted by Crippen LogP contribution is -2.36. The summed E-state index contributed by atoms with van der Waals surface area (Å²) in [5.74, 6) is 1.81. The summed E-state index contributed by atoms with van der Waals surface area (Å²) in [5.41, 5.74) is 2.27. The second-order valence-electron chi connectivity index (χ2n) is 6.23. The van der Waals surface area contributed by atoms with E-state index in [0.29, 0.717) is 23.3 Å². The largest absolute Gasteiger partial charge is 0.486 e. The summed E-state index contributed by atoms with van der Waals surface area (Å²) in [4.78, 5) is 18.9. The predicted octanol–water partition coefficient (Wildman–Crippen LogP) is 3.46. The molecule has 1 aliphatic rings. The van der Waals surface area contributed by atoms with Gasteiger partial charge in [0.1, 0.15) is 12.4 Å². The summed E-state index contributed by atoms with van der Waals surface area (Å²) in [5, 5.41) is 7.58. The van der Waals surface area contributed by atoms with Crippen LogP contribution >= 0.6 is 11.8 Å². The van der Waals surface area contributed by atoms with Crippen LogP contribution in [0.5, 0.6) is 5.75 Å². The molecule has 1 amide bonds. The maximum Gasteiger partial charge on any atom is 0.237 e. The van der Waals surface area contributed by atoms with Gasteiger partial charge < -0.3 is 9.64 Å². The van der Waals surface area contributed by atoms with Crippen LogP contribution in [0, 0.1) is 0 Å². The van der Waals surface area contributed by atoms with Gasteiger partial charge in [-0.05, 0) is 36.6 Å². The van der Waals surface area contributed by atoms with Crippen molar-refractivity contribution in [2.75, 3.05) is 17.2 Å². The third-order valence-corrected chi connectivity index (χ3v) is 5.20. The molecule has 1 N–H and O–H groups in total. The number of nitrogens with one attached hydrogen (secondary N) is 1. The van der Waals surface area contributed by atoms with Crippen LogP contribution < -0.4 is 9.64 Å². The average Bonchev–Trinajstić information content (AvgIpc) is 3.19. The van der Waals surface area contributed by atoms with Gasteiger partial charge >= 0.3 is 0 Å². The van der Waals surface area contributed by atoms with Crippen molar-refractivity contribution in [3.8, 4) is 5.75 Å². The van der Waals surface area contributed by atoms with Gasteiger partial charge in [-0.15, -0.1) is 5.10 Å². The molecule has 0 fully saturated rings. The van der Waals surface area contributed by atoms with Crippen LogP contribution in [0.2, 0.25) is 0 Å². The van der Waals surface area contributed by atoms with Gasteiger partial charge in [0.15, 0.2) is 5.82 Å². The number of carbonyl (C=O) groups is 1. The molecule has 7 heteroatoms. The van der Waals surface area contributed by atoms with E-state index >= 15 is 0 Å². The molecule has 27 heavy (non-hydrogen) atoms. The Balaban J connectivity index is 1.32. The summed E-state index contributed by atoms with van der Waals surface area (Å²) in [6.07, 6.45) is 2.02. The molecule has 1 aromatic heterocycles. The number of H-pyrrole nitrogens is 1. The third-order valence-electron chi connectivity index (χ3n) is 4.37. The Kier molecular flexibility index (Phi) is 5.39. The minimum atomic E-state index is 0.0824. The molecule has 2 aromatic carbocycles. The van der Waals surface area contributed by atoms with Crippen LogP contribution in [0.4, 0.5) is 5.69 Å². The fourth-order valence-electron chi connectivity index (χ4n) is 3.07. The molecule has 0 saturated heterocycles. The first kappa shape index (κ1) is 17.6. The molecule has 6 nitrogen and oxygen atoms in total. The molecule has 1 aliphatic heterocycles. The molecule has 138 valence electrons. The first-order valence-electron chi connectivity index (χ1n) is 8.90. The molecule has 2 heterocycles. The molecule has 0 saturated carbocycles. The summed E-state index contributed by atoms with van der Waals surface area (Å²) < 4.78 is 5.65. The normalized spacial score (nSPS) is 13.3. The number of nitrogens with zero attached hydrogens (tertiary/aromatic N) is 3. The quantitative estimate of drug-likeness (QED) is 0.663. The lowest BCUT2D eigenvalue weighted by atomic mass is 10.0. The van der Waals surface area contributed by atoms with Crippen molar-refractivity contribution in [2.45, 2.75) is 24.6 Å². The standard InChI is InChI=1S/C20H20N4O2S/c25-19(24-12-6-8-15-7-4-5-11-17(15)24)14-27-20-21-18(22-23-20)13-26-16-9-2-1-3-10-16/h1-5,7,9-11H,6,8,12-14H2,(H,21,22,23). The molecular weight excluding hydrogens is 360 g/mol. The maximum absolute atomic E-state index is 12.7. The smallest absolute Gasteiger partial charge is 0.237 e. The molecular formula is C20H20N4O2S. The Morgan fingerprint density at radius 3 is 2.85 bits per heavy atom. The van der Waals surface area contributed by atoms with Crippen LogP contribution in [0.1, 0.15) is 17.8 Å². The Bertz CT molecular complexity index is 913. The summed E-state index contributed by atoms with van der Waals surface area (Å²) in [6, 6.07) is 17.7. The monoisotopic (exact) mass is 380 g/mol. The molecule has 0 bridgehead atoms. The second-order valence-corrected chi connectivity index (χ2v) is 7.18. The van der Waals surface area contributed by atoms with E-state index in [0.717, 1.165) is 30.8 Å². The molecule has 0 unspecified atom stereocenters. The summed E-state index contributed by atoms with van der Waals surface area (Å²) in [7, 11) is 0. The molecule has 0 spiro atoms. The highest BCUT2D eigenvalue weighted by Crippen LogP contribution is 2.27. The third kappa shape index (κ3) is 4.31. The Morgan fingerprint density at radius 2 is 1.96 bits per heavy atom. The highest BCUT2D eigenvalue weighted by atomic mass is 32.2. The van der Waals surface area contributed by atoms with Gasteiger partial charge in [-0.3, -0.25) is 9.89 Å². The number of rotatable bonds is 6. The highest BCUT2D eigenvalue weighted by molar-refractivity contribution is 7.99. The number of carbonyl (C=O) groups excluding carboxylic acids is 1. The van der Waals surface area contributed by atoms with Crippen molar-refractivity contribution in [1.82, 2.24) is 15.2 Å². The number of para-hydroxylation sites is 2. The van der Waals surface area contributed by atoms with Gasteiger partial charge in [0, 0.05) is 12.2 Å². The van der Waals surface area contributed by atoms with Gasteiger partial charge in [-0.1, -0.05) is 48.2 Å². The second kappa shape index (κ2) is 8.26. The number of ether oxygens (including phenoxy) is 1. The molecule has 3 aromatic rings. The molecule has 0 aliphatic carbocycles. The minimum Gasteiger partial charge on any atom is -0.486 e. The number of aromatic nitrogens is 3. The van der Waals surface area contributed by atoms with Gasteiger partial charge in [0.2, 0.25) is 11.1 Å². The minimum absolute atomic E-state index is 0.0824. The zero-order valence-electron chi connectivity index (χ0n) is 14.8. The van der Waals surface area contributed by atoms with Crippen LogP contribution in [-0.4, -0.2) is 33.4 Å². The first-order valence-corrected chi connectivity index (χ1v) is 9.88. The zero-order chi connectivity index (χ0) is 18.5. The van der Waals surface area contributed by atoms with E-state index in [4.69, 9.17) is 4.74 Å². The Morgan fingerprint density at radius 1 is 1.15 bits per heavy atom. The number of thioether (sulfide) groups is 1. The lowest BCUT2D eigenvalue weighted by molar-refractivity contribution is -0.116. The topological polar surface area (TPSA) is 71.1 Å². The van der Waals surface area contributed by atoms with E-state index in [1.54, 1.807) is 0 Å². The molecule has 0 atom stereocenters. The summed E-state index contributed by atoms with van der Waals surface area (Å²) >= 11 is 1.34. The zero-order valence-corrected chi connectivity index (χ0v) is 15.6. The van der Waals surface area contributed by atoms with Crippen LogP contribution in [0.25, 0.3) is 0 Å². The van der Waals surface area contributed by atoms with Crippen LogP contribution in [-0.2, 0) is 17.8 Å². The number of anilines is 1. The van der Waals surface area contributed by atoms with Crippen molar-refractivity contribution in [1.29, 1.82) is 0 Å². The van der Waals surface area contributed by atoms with E-state index in [2.05, 4.69) is 21.2 Å². The fraction of sp³-hybridized carbons (Fsp3) is 0.250. The highest BCUT2D eigenvalue weighted by Gasteiger charge is 2.22. The first-order chi connectivity index (χ1) is 13.3. The maximum atomic E-state index is 12.7. The lowest BCUT2D eigenvalue weighted by Gasteiger charge is -2.29. The number of amides is 1. The van der Waals surface area contributed by atoms with Crippen molar-refractivity contribution in [2.24, 2.45) is 0 Å². The fourth-order valence-corrected chi connectivity index (χ4v) is 3.77. The van der Waals surface area contributed by atoms with E-state index in [1.807, 2.05) is 53.4 Å². The van der Waals surface area contributed by atoms with Gasteiger partial charge in [0.05, 0.1) is 5.75 Å². The van der Waals surface area contributed by atoms with Crippen molar-refractivity contribution < 1.29 is 9.53 Å². The number of benzene rings is 2. The van der Waals surface area contributed by atoms with E-state index < -0.39 is 0 Å². The summed E-state index contributed by atoms with van der Waals surface area (Å²) in [6.45, 7) is 1.07. The van der Waals surface area contributed by atoms with E-state index in [-0.39, 0.29) is 5.91 Å².